The maximum Gasteiger partial charge on any atom is 0.255 e. The highest BCUT2D eigenvalue weighted by molar-refractivity contribution is 7.89. The van der Waals surface area contributed by atoms with Gasteiger partial charge in [-0.05, 0) is 29.8 Å². The number of anilines is 1. The smallest absolute Gasteiger partial charge is 0.255 e. The normalized spacial score (nSPS) is 11.4. The van der Waals surface area contributed by atoms with E-state index >= 15 is 0 Å². The maximum atomic E-state index is 12.0. The van der Waals surface area contributed by atoms with Crippen LogP contribution in [0.25, 0.3) is 0 Å². The summed E-state index contributed by atoms with van der Waals surface area (Å²) in [5.41, 5.74) is 4.15. The molecule has 0 saturated carbocycles. The third-order valence-corrected chi connectivity index (χ3v) is 4.71. The van der Waals surface area contributed by atoms with Crippen LogP contribution in [0.2, 0.25) is 0 Å². The molecule has 0 aromatic heterocycles. The maximum absolute atomic E-state index is 12.0. The molecular weight excluding hydrogens is 340 g/mol. The summed E-state index contributed by atoms with van der Waals surface area (Å²) in [4.78, 5) is 13.8. The molecule has 1 amide bonds. The van der Waals surface area contributed by atoms with E-state index in [2.05, 4.69) is 15.2 Å². The SMILES string of the molecule is CN(C)c1ccc(C=NNC(=O)CNS(=O)(=O)c2ccccc2)cc1. The van der Waals surface area contributed by atoms with Crippen LogP contribution in [0.4, 0.5) is 5.69 Å². The van der Waals surface area contributed by atoms with Gasteiger partial charge in [0.2, 0.25) is 10.0 Å². The fraction of sp³-hybridized carbons (Fsp3) is 0.176. The van der Waals surface area contributed by atoms with Crippen LogP contribution >= 0.6 is 0 Å². The average Bonchev–Trinajstić information content (AvgIpc) is 2.61. The molecule has 0 radical (unpaired) electrons. The zero-order valence-corrected chi connectivity index (χ0v) is 14.8. The van der Waals surface area contributed by atoms with Crippen LogP contribution < -0.4 is 15.0 Å². The standard InChI is InChI=1S/C17H20N4O3S/c1-21(2)15-10-8-14(9-11-15)12-18-20-17(22)13-19-25(23,24)16-6-4-3-5-7-16/h3-12,19H,13H2,1-2H3,(H,20,22). The number of nitrogens with zero attached hydrogens (tertiary/aromatic N) is 2. The number of sulfonamides is 1. The van der Waals surface area contributed by atoms with E-state index in [-0.39, 0.29) is 4.90 Å². The van der Waals surface area contributed by atoms with E-state index in [1.807, 2.05) is 43.3 Å². The van der Waals surface area contributed by atoms with Crippen molar-refractivity contribution < 1.29 is 13.2 Å². The molecule has 0 aliphatic carbocycles. The molecule has 132 valence electrons. The molecule has 0 heterocycles. The number of rotatable bonds is 7. The van der Waals surface area contributed by atoms with Gasteiger partial charge >= 0.3 is 0 Å². The molecule has 0 bridgehead atoms. The molecule has 0 unspecified atom stereocenters. The highest BCUT2D eigenvalue weighted by Gasteiger charge is 2.14. The van der Waals surface area contributed by atoms with Gasteiger partial charge in [-0.3, -0.25) is 4.79 Å². The molecule has 8 heteroatoms. The van der Waals surface area contributed by atoms with E-state index in [0.717, 1.165) is 11.3 Å². The third-order valence-electron chi connectivity index (χ3n) is 3.29. The number of carbonyl (C=O) groups excluding carboxylic acids is 1. The van der Waals surface area contributed by atoms with Crippen LogP contribution in [0, 0.1) is 0 Å². The van der Waals surface area contributed by atoms with Gasteiger partial charge in [0.15, 0.2) is 0 Å². The Morgan fingerprint density at radius 2 is 1.72 bits per heavy atom. The van der Waals surface area contributed by atoms with E-state index in [1.54, 1.807) is 18.2 Å². The Hall–Kier alpha value is -2.71. The Morgan fingerprint density at radius 3 is 2.32 bits per heavy atom. The third kappa shape index (κ3) is 5.70. The average molecular weight is 360 g/mol. The largest absolute Gasteiger partial charge is 0.378 e. The number of hydrazone groups is 1. The van der Waals surface area contributed by atoms with Crippen molar-refractivity contribution >= 4 is 27.8 Å². The summed E-state index contributed by atoms with van der Waals surface area (Å²) in [5, 5.41) is 3.82. The molecule has 2 rings (SSSR count). The van der Waals surface area contributed by atoms with Crippen LogP contribution in [0.1, 0.15) is 5.56 Å². The summed E-state index contributed by atoms with van der Waals surface area (Å²) in [6, 6.07) is 15.4. The Morgan fingerprint density at radius 1 is 1.08 bits per heavy atom. The van der Waals surface area contributed by atoms with Crippen molar-refractivity contribution in [2.45, 2.75) is 4.90 Å². The van der Waals surface area contributed by atoms with Gasteiger partial charge in [-0.2, -0.15) is 5.10 Å². The predicted octanol–water partition coefficient (Wildman–Crippen LogP) is 1.18. The summed E-state index contributed by atoms with van der Waals surface area (Å²) in [7, 11) is 0.176. The summed E-state index contributed by atoms with van der Waals surface area (Å²) in [6.07, 6.45) is 1.49. The predicted molar refractivity (Wildman–Crippen MR) is 98.1 cm³/mol. The molecule has 7 nitrogen and oxygen atoms in total. The lowest BCUT2D eigenvalue weighted by Gasteiger charge is -2.11. The first kappa shape index (κ1) is 18.6. The topological polar surface area (TPSA) is 90.9 Å². The van der Waals surface area contributed by atoms with Gasteiger partial charge in [0.25, 0.3) is 5.91 Å². The molecule has 0 fully saturated rings. The minimum absolute atomic E-state index is 0.104. The van der Waals surface area contributed by atoms with E-state index in [1.165, 1.54) is 18.3 Å². The van der Waals surface area contributed by atoms with E-state index in [9.17, 15) is 13.2 Å². The number of amides is 1. The van der Waals surface area contributed by atoms with Gasteiger partial charge in [0.05, 0.1) is 17.7 Å². The molecule has 2 aromatic carbocycles. The van der Waals surface area contributed by atoms with Crippen molar-refractivity contribution in [3.8, 4) is 0 Å². The molecule has 0 spiro atoms. The van der Waals surface area contributed by atoms with Crippen LogP contribution in [0.15, 0.2) is 64.6 Å². The first-order chi connectivity index (χ1) is 11.9. The Labute approximate surface area is 147 Å². The fourth-order valence-electron chi connectivity index (χ4n) is 1.92. The van der Waals surface area contributed by atoms with Gasteiger partial charge < -0.3 is 4.90 Å². The quantitative estimate of drug-likeness (QED) is 0.573. The van der Waals surface area contributed by atoms with Gasteiger partial charge in [-0.25, -0.2) is 18.6 Å². The van der Waals surface area contributed by atoms with Crippen molar-refractivity contribution in [3.05, 3.63) is 60.2 Å². The molecular formula is C17H20N4O3S. The second-order valence-corrected chi connectivity index (χ2v) is 7.18. The molecule has 0 aliphatic heterocycles. The number of carbonyl (C=O) groups is 1. The lowest BCUT2D eigenvalue weighted by atomic mass is 10.2. The minimum atomic E-state index is -3.71. The van der Waals surface area contributed by atoms with E-state index < -0.39 is 22.5 Å². The summed E-state index contributed by atoms with van der Waals surface area (Å²) in [6.45, 7) is -0.395. The van der Waals surface area contributed by atoms with Crippen molar-refractivity contribution in [2.24, 2.45) is 5.10 Å². The minimum Gasteiger partial charge on any atom is -0.378 e. The van der Waals surface area contributed by atoms with Gasteiger partial charge in [0, 0.05) is 19.8 Å². The number of hydrogen-bond acceptors (Lipinski definition) is 5. The van der Waals surface area contributed by atoms with Crippen molar-refractivity contribution in [1.82, 2.24) is 10.1 Å². The Bertz CT molecular complexity index is 832. The molecule has 25 heavy (non-hydrogen) atoms. The molecule has 0 atom stereocenters. The van der Waals surface area contributed by atoms with E-state index in [4.69, 9.17) is 0 Å². The zero-order chi connectivity index (χ0) is 18.3. The molecule has 2 aromatic rings. The van der Waals surface area contributed by atoms with Gasteiger partial charge in [-0.1, -0.05) is 30.3 Å². The van der Waals surface area contributed by atoms with Crippen molar-refractivity contribution in [2.75, 3.05) is 25.5 Å². The number of benzene rings is 2. The Balaban J connectivity index is 1.84. The Kier molecular flexibility index (Phi) is 6.26. The van der Waals surface area contributed by atoms with Crippen LogP contribution in [0.3, 0.4) is 0 Å². The number of nitrogens with one attached hydrogen (secondary N) is 2. The summed E-state index contributed by atoms with van der Waals surface area (Å²) in [5.74, 6) is -0.555. The van der Waals surface area contributed by atoms with Crippen molar-refractivity contribution in [1.29, 1.82) is 0 Å². The molecule has 0 aliphatic rings. The monoisotopic (exact) mass is 360 g/mol. The van der Waals surface area contributed by atoms with E-state index in [0.29, 0.717) is 0 Å². The fourth-order valence-corrected chi connectivity index (χ4v) is 2.92. The van der Waals surface area contributed by atoms with Crippen LogP contribution in [0.5, 0.6) is 0 Å². The summed E-state index contributed by atoms with van der Waals surface area (Å²) < 4.78 is 26.2. The highest BCUT2D eigenvalue weighted by Crippen LogP contribution is 2.10. The van der Waals surface area contributed by atoms with Crippen molar-refractivity contribution in [3.63, 3.8) is 0 Å². The van der Waals surface area contributed by atoms with Gasteiger partial charge in [0.1, 0.15) is 0 Å². The first-order valence-electron chi connectivity index (χ1n) is 7.52. The number of hydrogen-bond donors (Lipinski definition) is 2. The lowest BCUT2D eigenvalue weighted by Crippen LogP contribution is -2.34. The second-order valence-electron chi connectivity index (χ2n) is 5.42. The lowest BCUT2D eigenvalue weighted by molar-refractivity contribution is -0.119. The molecule has 2 N–H and O–H groups in total. The van der Waals surface area contributed by atoms with Crippen LogP contribution in [-0.4, -0.2) is 41.2 Å². The molecule has 0 saturated heterocycles. The second kappa shape index (κ2) is 8.41. The summed E-state index contributed by atoms with van der Waals surface area (Å²) >= 11 is 0. The van der Waals surface area contributed by atoms with Gasteiger partial charge in [-0.15, -0.1) is 0 Å². The van der Waals surface area contributed by atoms with Crippen LogP contribution in [-0.2, 0) is 14.8 Å². The highest BCUT2D eigenvalue weighted by atomic mass is 32.2. The first-order valence-corrected chi connectivity index (χ1v) is 9.01. The zero-order valence-electron chi connectivity index (χ0n) is 14.0.